The Labute approximate surface area is 439 Å². The molecular weight excluding hydrogens is 1090 g/mol. The van der Waals surface area contributed by atoms with Gasteiger partial charge in [-0.2, -0.15) is 0 Å². The third kappa shape index (κ3) is 16.1. The normalized spacial score (nSPS) is 16.9. The molecule has 1 aromatic heterocycles. The molecule has 2 aliphatic rings. The minimum Gasteiger partial charge on any atom is -0.391 e. The van der Waals surface area contributed by atoms with Crippen LogP contribution in [0.25, 0.3) is 10.4 Å². The molecular formula is C51H62F4IN7O9S. The van der Waals surface area contributed by atoms with Crippen LogP contribution in [0.3, 0.4) is 0 Å². The number of benzene rings is 3. The molecule has 2 fully saturated rings. The van der Waals surface area contributed by atoms with E-state index < -0.39 is 82.1 Å². The fraction of sp³-hybridized carbons (Fsp3) is 0.490. The first-order valence-corrected chi connectivity index (χ1v) is 26.0. The number of hydrogen-bond donors (Lipinski definition) is 6. The van der Waals surface area contributed by atoms with Crippen molar-refractivity contribution in [3.63, 3.8) is 0 Å². The minimum absolute atomic E-state index is 0.0643. The summed E-state index contributed by atoms with van der Waals surface area (Å²) in [6.45, 7) is 8.49. The third-order valence-corrected chi connectivity index (χ3v) is 13.9. The van der Waals surface area contributed by atoms with Gasteiger partial charge in [-0.15, -0.1) is 11.3 Å². The second-order valence-electron chi connectivity index (χ2n) is 19.1. The maximum absolute atomic E-state index is 14.7. The van der Waals surface area contributed by atoms with Gasteiger partial charge in [-0.3, -0.25) is 28.8 Å². The summed E-state index contributed by atoms with van der Waals surface area (Å²) in [5.41, 5.74) is 2.56. The van der Waals surface area contributed by atoms with Crippen molar-refractivity contribution < 1.29 is 61.0 Å². The second kappa shape index (κ2) is 26.3. The summed E-state index contributed by atoms with van der Waals surface area (Å²) in [5.74, 6) is -6.56. The van der Waals surface area contributed by atoms with Gasteiger partial charge in [-0.05, 0) is 102 Å². The van der Waals surface area contributed by atoms with Gasteiger partial charge in [0.25, 0.3) is 11.8 Å². The Bertz CT molecular complexity index is 2570. The molecule has 0 radical (unpaired) electrons. The lowest BCUT2D eigenvalue weighted by Gasteiger charge is -2.36. The largest absolute Gasteiger partial charge is 0.391 e. The van der Waals surface area contributed by atoms with Crippen LogP contribution in [-0.2, 0) is 33.5 Å². The van der Waals surface area contributed by atoms with Crippen LogP contribution in [0.15, 0.2) is 60.1 Å². The molecule has 2 heterocycles. The number of thiazole rings is 1. The number of nitrogens with zero attached hydrogens (tertiary/aromatic N) is 2. The van der Waals surface area contributed by atoms with E-state index in [4.69, 9.17) is 14.3 Å². The summed E-state index contributed by atoms with van der Waals surface area (Å²) in [4.78, 5) is 78.8. The molecule has 1 saturated carbocycles. The lowest BCUT2D eigenvalue weighted by molar-refractivity contribution is -0.145. The molecule has 0 bridgehead atoms. The first-order chi connectivity index (χ1) is 34.7. The number of aromatic nitrogens is 1. The molecule has 396 valence electrons. The van der Waals surface area contributed by atoms with E-state index in [0.29, 0.717) is 28.8 Å². The van der Waals surface area contributed by atoms with Gasteiger partial charge in [0.15, 0.2) is 17.3 Å². The fourth-order valence-electron chi connectivity index (χ4n) is 8.02. The molecule has 6 rings (SSSR count). The zero-order valence-electron chi connectivity index (χ0n) is 41.1. The van der Waals surface area contributed by atoms with Crippen LogP contribution >= 0.6 is 33.9 Å². The number of aliphatic hydroxyl groups is 1. The van der Waals surface area contributed by atoms with Crippen molar-refractivity contribution >= 4 is 74.8 Å². The second-order valence-corrected chi connectivity index (χ2v) is 21.2. The van der Waals surface area contributed by atoms with E-state index in [1.54, 1.807) is 32.3 Å². The SMILES string of the molecule is Cc1ncsc1-c1ccc([C@H](CC(=O)NCCOCCOCCCCCCONC(=O)c2ccc(F)c(F)c2Nc2ccc(I)cc2F)NC(=O)[C@@H]2C[C@@H](O)CN2C(=O)C(NC(=O)C2(F)CC2)C(C)(C)C)cc1. The van der Waals surface area contributed by atoms with E-state index in [1.165, 1.54) is 28.4 Å². The number of nitrogens with one attached hydrogen (secondary N) is 5. The summed E-state index contributed by atoms with van der Waals surface area (Å²) in [6, 6.07) is 10.2. The number of likely N-dealkylation sites (tertiary alicyclic amines) is 1. The number of carbonyl (C=O) groups excluding carboxylic acids is 5. The minimum atomic E-state index is -2.02. The zero-order chi connectivity index (χ0) is 52.9. The summed E-state index contributed by atoms with van der Waals surface area (Å²) >= 11 is 3.40. The van der Waals surface area contributed by atoms with E-state index >= 15 is 0 Å². The molecule has 1 aliphatic carbocycles. The molecule has 16 nitrogen and oxygen atoms in total. The topological polar surface area (TPSA) is 210 Å². The van der Waals surface area contributed by atoms with Crippen molar-refractivity contribution in [3.8, 4) is 10.4 Å². The number of β-amino-alcohol motifs (C(OH)–C–C–N with tert-alkyl or cyclic N) is 1. The van der Waals surface area contributed by atoms with E-state index in [9.17, 15) is 46.6 Å². The number of anilines is 2. The number of alkyl halides is 1. The van der Waals surface area contributed by atoms with E-state index in [1.807, 2.05) is 53.8 Å². The summed E-state index contributed by atoms with van der Waals surface area (Å²) in [7, 11) is 0. The molecule has 1 aliphatic heterocycles. The number of carbonyl (C=O) groups is 5. The van der Waals surface area contributed by atoms with Crippen LogP contribution in [0.5, 0.6) is 0 Å². The molecule has 73 heavy (non-hydrogen) atoms. The Balaban J connectivity index is 0.895. The van der Waals surface area contributed by atoms with Crippen LogP contribution in [0, 0.1) is 33.4 Å². The summed E-state index contributed by atoms with van der Waals surface area (Å²) in [5, 5.41) is 21.5. The Morgan fingerprint density at radius 1 is 0.904 bits per heavy atom. The number of aliphatic hydroxyl groups excluding tert-OH is 1. The average molecular weight is 1150 g/mol. The van der Waals surface area contributed by atoms with Crippen molar-refractivity contribution in [2.45, 2.75) is 109 Å². The highest BCUT2D eigenvalue weighted by atomic mass is 127. The number of hydroxylamine groups is 1. The molecule has 1 saturated heterocycles. The van der Waals surface area contributed by atoms with Crippen molar-refractivity contribution in [2.75, 3.05) is 51.4 Å². The number of amides is 5. The predicted molar refractivity (Wildman–Crippen MR) is 274 cm³/mol. The van der Waals surface area contributed by atoms with Gasteiger partial charge in [0, 0.05) is 29.7 Å². The Kier molecular flexibility index (Phi) is 20.5. The Morgan fingerprint density at radius 3 is 2.26 bits per heavy atom. The predicted octanol–water partition coefficient (Wildman–Crippen LogP) is 7.50. The lowest BCUT2D eigenvalue weighted by atomic mass is 9.85. The number of rotatable bonds is 26. The fourth-order valence-corrected chi connectivity index (χ4v) is 9.28. The summed E-state index contributed by atoms with van der Waals surface area (Å²) in [6.07, 6.45) is 1.76. The molecule has 22 heteroatoms. The molecule has 5 amide bonds. The Hall–Kier alpha value is -5.27. The highest BCUT2D eigenvalue weighted by Gasteiger charge is 2.53. The third-order valence-electron chi connectivity index (χ3n) is 12.3. The van der Waals surface area contributed by atoms with Crippen molar-refractivity contribution in [2.24, 2.45) is 5.41 Å². The maximum atomic E-state index is 14.7. The van der Waals surface area contributed by atoms with Crippen LogP contribution in [0.1, 0.15) is 99.8 Å². The number of aryl methyl sites for hydroxylation is 1. The maximum Gasteiger partial charge on any atom is 0.277 e. The number of hydrogen-bond acceptors (Lipinski definition) is 12. The van der Waals surface area contributed by atoms with Crippen LogP contribution in [0.2, 0.25) is 0 Å². The van der Waals surface area contributed by atoms with Crippen LogP contribution in [0.4, 0.5) is 28.9 Å². The number of halogens is 5. The lowest BCUT2D eigenvalue weighted by Crippen LogP contribution is -2.59. The van der Waals surface area contributed by atoms with Gasteiger partial charge in [0.1, 0.15) is 17.9 Å². The molecule has 0 spiro atoms. The van der Waals surface area contributed by atoms with Gasteiger partial charge in [-0.25, -0.2) is 28.0 Å². The van der Waals surface area contributed by atoms with E-state index in [2.05, 4.69) is 31.7 Å². The molecule has 6 N–H and O–H groups in total. The van der Waals surface area contributed by atoms with Gasteiger partial charge >= 0.3 is 0 Å². The average Bonchev–Trinajstić information content (AvgIpc) is 3.75. The van der Waals surface area contributed by atoms with Gasteiger partial charge in [-0.1, -0.05) is 57.9 Å². The van der Waals surface area contributed by atoms with Gasteiger partial charge < -0.3 is 40.7 Å². The molecule has 1 unspecified atom stereocenters. The highest BCUT2D eigenvalue weighted by molar-refractivity contribution is 14.1. The van der Waals surface area contributed by atoms with Crippen LogP contribution in [-0.4, -0.2) is 115 Å². The first kappa shape index (κ1) is 57.0. The number of unbranched alkanes of at least 4 members (excludes halogenated alkanes) is 3. The van der Waals surface area contributed by atoms with Gasteiger partial charge in [0.2, 0.25) is 17.7 Å². The summed E-state index contributed by atoms with van der Waals surface area (Å²) < 4.78 is 69.7. The monoisotopic (exact) mass is 1150 g/mol. The molecule has 3 aromatic carbocycles. The van der Waals surface area contributed by atoms with Gasteiger partial charge in [0.05, 0.1) is 78.0 Å². The van der Waals surface area contributed by atoms with E-state index in [0.717, 1.165) is 47.5 Å². The van der Waals surface area contributed by atoms with Crippen molar-refractivity contribution in [3.05, 3.63) is 98.0 Å². The van der Waals surface area contributed by atoms with Crippen molar-refractivity contribution in [1.82, 2.24) is 31.3 Å². The highest BCUT2D eigenvalue weighted by Crippen LogP contribution is 2.41. The molecule has 4 aromatic rings. The van der Waals surface area contributed by atoms with Crippen LogP contribution < -0.4 is 26.7 Å². The quantitative estimate of drug-likeness (QED) is 0.0157. The zero-order valence-corrected chi connectivity index (χ0v) is 44.1. The standard InChI is InChI=1S/C51H62F4IN7O9S/c1-30-44(73-29-58-30)32-11-9-31(10-12-32)39(60-47(67)40-26-34(64)28-63(40)48(68)45(50(2,3)4)61-49(69)51(55)17-18-51)27-41(65)57-19-22-71-24-23-70-20-7-5-6-8-21-72-62-46(66)35-14-15-36(52)42(54)43(35)59-38-16-13-33(56)25-37(38)53/h9-16,25,29,34,39-40,45,59,64H,5-8,17-24,26-28H2,1-4H3,(H,57,65)(H,60,67)(H,61,69)(H,62,66)/t34-,39+,40+,45?/m1/s1. The smallest absolute Gasteiger partial charge is 0.277 e. The van der Waals surface area contributed by atoms with E-state index in [-0.39, 0.29) is 75.8 Å². The Morgan fingerprint density at radius 2 is 1.60 bits per heavy atom. The first-order valence-electron chi connectivity index (χ1n) is 24.1. The van der Waals surface area contributed by atoms with Crippen molar-refractivity contribution in [1.29, 1.82) is 0 Å². The number of ether oxygens (including phenoxy) is 2. The molecule has 4 atom stereocenters.